The van der Waals surface area contributed by atoms with E-state index in [0.29, 0.717) is 6.04 Å². The SMILES string of the molecule is Cc1cc(Nc2nc(N3CCC(N4CCN(C)CC4)CC3)nc3ccccc23)n[nH]1. The van der Waals surface area contributed by atoms with Crippen LogP contribution in [0, 0.1) is 6.92 Å². The lowest BCUT2D eigenvalue weighted by atomic mass is 10.0. The number of aryl methyl sites for hydroxylation is 1. The number of anilines is 3. The van der Waals surface area contributed by atoms with Crippen LogP contribution in [0.25, 0.3) is 10.9 Å². The van der Waals surface area contributed by atoms with Crippen LogP contribution < -0.4 is 10.2 Å². The van der Waals surface area contributed by atoms with Gasteiger partial charge < -0.3 is 15.1 Å². The summed E-state index contributed by atoms with van der Waals surface area (Å²) in [6.45, 7) is 8.71. The summed E-state index contributed by atoms with van der Waals surface area (Å²) in [6.07, 6.45) is 2.34. The quantitative estimate of drug-likeness (QED) is 0.690. The van der Waals surface area contributed by atoms with Gasteiger partial charge in [0.05, 0.1) is 5.52 Å². The minimum absolute atomic E-state index is 0.681. The maximum Gasteiger partial charge on any atom is 0.227 e. The van der Waals surface area contributed by atoms with Gasteiger partial charge in [0, 0.05) is 62.5 Å². The number of nitrogens with zero attached hydrogens (tertiary/aromatic N) is 6. The molecule has 0 atom stereocenters. The Morgan fingerprint density at radius 1 is 1.00 bits per heavy atom. The molecule has 8 heteroatoms. The molecular formula is C22H30N8. The van der Waals surface area contributed by atoms with Crippen LogP contribution >= 0.6 is 0 Å². The molecule has 5 rings (SSSR count). The summed E-state index contributed by atoms with van der Waals surface area (Å²) in [5.74, 6) is 2.39. The van der Waals surface area contributed by atoms with E-state index in [1.54, 1.807) is 0 Å². The lowest BCUT2D eigenvalue weighted by molar-refractivity contribution is 0.0980. The van der Waals surface area contributed by atoms with E-state index in [1.807, 2.05) is 25.1 Å². The van der Waals surface area contributed by atoms with Crippen LogP contribution in [0.2, 0.25) is 0 Å². The second-order valence-electron chi connectivity index (χ2n) is 8.51. The van der Waals surface area contributed by atoms with Gasteiger partial charge in [-0.1, -0.05) is 12.1 Å². The van der Waals surface area contributed by atoms with Crippen molar-refractivity contribution in [1.82, 2.24) is 30.0 Å². The van der Waals surface area contributed by atoms with E-state index in [9.17, 15) is 0 Å². The third kappa shape index (κ3) is 3.97. The summed E-state index contributed by atoms with van der Waals surface area (Å²) >= 11 is 0. The molecule has 2 aromatic heterocycles. The Morgan fingerprint density at radius 2 is 1.77 bits per heavy atom. The first kappa shape index (κ1) is 19.3. The van der Waals surface area contributed by atoms with E-state index in [4.69, 9.17) is 9.97 Å². The summed E-state index contributed by atoms with van der Waals surface area (Å²) in [4.78, 5) is 17.2. The van der Waals surface area contributed by atoms with Crippen LogP contribution in [-0.4, -0.2) is 82.3 Å². The van der Waals surface area contributed by atoms with Gasteiger partial charge in [0.2, 0.25) is 5.95 Å². The van der Waals surface area contributed by atoms with Crippen molar-refractivity contribution >= 4 is 28.5 Å². The van der Waals surface area contributed by atoms with Crippen molar-refractivity contribution in [2.45, 2.75) is 25.8 Å². The summed E-state index contributed by atoms with van der Waals surface area (Å²) in [6, 6.07) is 10.8. The molecule has 4 heterocycles. The Bertz CT molecular complexity index is 999. The molecule has 3 aromatic rings. The zero-order chi connectivity index (χ0) is 20.5. The molecule has 8 nitrogen and oxygen atoms in total. The van der Waals surface area contributed by atoms with Crippen LogP contribution in [0.3, 0.4) is 0 Å². The predicted molar refractivity (Wildman–Crippen MR) is 120 cm³/mol. The summed E-state index contributed by atoms with van der Waals surface area (Å²) in [5, 5.41) is 11.7. The molecule has 30 heavy (non-hydrogen) atoms. The number of benzene rings is 1. The van der Waals surface area contributed by atoms with E-state index in [2.05, 4.69) is 49.4 Å². The Labute approximate surface area is 177 Å². The fraction of sp³-hybridized carbons (Fsp3) is 0.500. The smallest absolute Gasteiger partial charge is 0.227 e. The van der Waals surface area contributed by atoms with Gasteiger partial charge in [-0.25, -0.2) is 4.98 Å². The van der Waals surface area contributed by atoms with Crippen molar-refractivity contribution < 1.29 is 0 Å². The van der Waals surface area contributed by atoms with Gasteiger partial charge in [-0.3, -0.25) is 10.00 Å². The first-order valence-electron chi connectivity index (χ1n) is 10.9. The van der Waals surface area contributed by atoms with Crippen LogP contribution in [-0.2, 0) is 0 Å². The number of nitrogens with one attached hydrogen (secondary N) is 2. The fourth-order valence-corrected chi connectivity index (χ4v) is 4.52. The topological polar surface area (TPSA) is 76.2 Å². The van der Waals surface area contributed by atoms with Crippen molar-refractivity contribution in [3.8, 4) is 0 Å². The Morgan fingerprint density at radius 3 is 2.50 bits per heavy atom. The zero-order valence-corrected chi connectivity index (χ0v) is 17.8. The van der Waals surface area contributed by atoms with E-state index in [-0.39, 0.29) is 0 Å². The zero-order valence-electron chi connectivity index (χ0n) is 17.8. The molecule has 0 radical (unpaired) electrons. The van der Waals surface area contributed by atoms with Crippen LogP contribution in [0.5, 0.6) is 0 Å². The highest BCUT2D eigenvalue weighted by atomic mass is 15.3. The molecule has 158 valence electrons. The van der Waals surface area contributed by atoms with E-state index >= 15 is 0 Å². The summed E-state index contributed by atoms with van der Waals surface area (Å²) in [7, 11) is 2.22. The number of para-hydroxylation sites is 1. The number of likely N-dealkylation sites (N-methyl/N-ethyl adjacent to an activating group) is 1. The molecule has 2 aliphatic heterocycles. The molecule has 2 N–H and O–H groups in total. The molecule has 2 saturated heterocycles. The van der Waals surface area contributed by atoms with Crippen molar-refractivity contribution in [2.75, 3.05) is 56.5 Å². The number of hydrogen-bond donors (Lipinski definition) is 2. The van der Waals surface area contributed by atoms with Gasteiger partial charge in [-0.2, -0.15) is 10.1 Å². The lowest BCUT2D eigenvalue weighted by Crippen LogP contribution is -2.52. The van der Waals surface area contributed by atoms with Gasteiger partial charge >= 0.3 is 0 Å². The number of H-pyrrole nitrogens is 1. The number of piperidine rings is 1. The van der Waals surface area contributed by atoms with E-state index < -0.39 is 0 Å². The van der Waals surface area contributed by atoms with Gasteiger partial charge in [-0.15, -0.1) is 0 Å². The van der Waals surface area contributed by atoms with E-state index in [0.717, 1.165) is 47.3 Å². The number of aromatic amines is 1. The second kappa shape index (κ2) is 8.20. The number of hydrogen-bond acceptors (Lipinski definition) is 7. The molecular weight excluding hydrogens is 376 g/mol. The van der Waals surface area contributed by atoms with Crippen LogP contribution in [0.4, 0.5) is 17.6 Å². The average Bonchev–Trinajstić information content (AvgIpc) is 3.19. The summed E-state index contributed by atoms with van der Waals surface area (Å²) in [5.41, 5.74) is 1.97. The highest BCUT2D eigenvalue weighted by Crippen LogP contribution is 2.28. The highest BCUT2D eigenvalue weighted by Gasteiger charge is 2.28. The fourth-order valence-electron chi connectivity index (χ4n) is 4.52. The number of piperazine rings is 1. The second-order valence-corrected chi connectivity index (χ2v) is 8.51. The van der Waals surface area contributed by atoms with Gasteiger partial charge in [0.25, 0.3) is 0 Å². The first-order chi connectivity index (χ1) is 14.7. The highest BCUT2D eigenvalue weighted by molar-refractivity contribution is 5.91. The van der Waals surface area contributed by atoms with Gasteiger partial charge in [0.15, 0.2) is 5.82 Å². The predicted octanol–water partition coefficient (Wildman–Crippen LogP) is 2.62. The number of rotatable bonds is 4. The van der Waals surface area contributed by atoms with Gasteiger partial charge in [0.1, 0.15) is 5.82 Å². The molecule has 0 saturated carbocycles. The van der Waals surface area contributed by atoms with Crippen LogP contribution in [0.1, 0.15) is 18.5 Å². The maximum atomic E-state index is 4.91. The van der Waals surface area contributed by atoms with Gasteiger partial charge in [-0.05, 0) is 38.9 Å². The first-order valence-corrected chi connectivity index (χ1v) is 10.9. The maximum absolute atomic E-state index is 4.91. The van der Waals surface area contributed by atoms with Crippen molar-refractivity contribution in [1.29, 1.82) is 0 Å². The largest absolute Gasteiger partial charge is 0.341 e. The number of fused-ring (bicyclic) bond motifs is 1. The monoisotopic (exact) mass is 406 g/mol. The molecule has 0 spiro atoms. The third-order valence-corrected chi connectivity index (χ3v) is 6.35. The molecule has 1 aromatic carbocycles. The molecule has 2 aliphatic rings. The minimum atomic E-state index is 0.681. The average molecular weight is 407 g/mol. The number of aromatic nitrogens is 4. The normalized spacial score (nSPS) is 19.5. The third-order valence-electron chi connectivity index (χ3n) is 6.35. The van der Waals surface area contributed by atoms with Crippen LogP contribution in [0.15, 0.2) is 30.3 Å². The lowest BCUT2D eigenvalue weighted by Gasteiger charge is -2.42. The standard InChI is InChI=1S/C22H30N8/c1-16-15-20(27-26-16)24-21-18-5-3-4-6-19(18)23-22(25-21)30-9-7-17(8-10-30)29-13-11-28(2)12-14-29/h3-6,15,17H,7-14H2,1-2H3,(H2,23,24,25,26,27). The molecule has 2 fully saturated rings. The molecule has 0 bridgehead atoms. The summed E-state index contributed by atoms with van der Waals surface area (Å²) < 4.78 is 0. The Balaban J connectivity index is 1.34. The van der Waals surface area contributed by atoms with Crippen molar-refractivity contribution in [2.24, 2.45) is 0 Å². The molecule has 0 unspecified atom stereocenters. The minimum Gasteiger partial charge on any atom is -0.341 e. The Kier molecular flexibility index (Phi) is 5.26. The Hall–Kier alpha value is -2.71. The molecule has 0 aliphatic carbocycles. The van der Waals surface area contributed by atoms with Crippen molar-refractivity contribution in [3.05, 3.63) is 36.0 Å². The molecule has 0 amide bonds. The van der Waals surface area contributed by atoms with Crippen molar-refractivity contribution in [3.63, 3.8) is 0 Å². The van der Waals surface area contributed by atoms with E-state index in [1.165, 1.54) is 39.0 Å².